The summed E-state index contributed by atoms with van der Waals surface area (Å²) in [6.45, 7) is 0.512. The van der Waals surface area contributed by atoms with Crippen molar-refractivity contribution >= 4 is 40.3 Å². The number of benzene rings is 1. The number of hydrogen-bond donors (Lipinski definition) is 1. The van der Waals surface area contributed by atoms with Gasteiger partial charge in [0.1, 0.15) is 5.52 Å². The normalized spacial score (nSPS) is 23.1. The molecular formula is C15H14N4O5S. The zero-order valence-corrected chi connectivity index (χ0v) is 13.8. The van der Waals surface area contributed by atoms with Gasteiger partial charge in [0.05, 0.1) is 22.6 Å². The molecule has 2 fully saturated rings. The summed E-state index contributed by atoms with van der Waals surface area (Å²) >= 11 is 0.847. The van der Waals surface area contributed by atoms with Gasteiger partial charge in [-0.2, -0.15) is 8.75 Å². The van der Waals surface area contributed by atoms with Crippen LogP contribution >= 0.6 is 11.7 Å². The second kappa shape index (κ2) is 5.73. The third kappa shape index (κ3) is 2.72. The number of carbonyl (C=O) groups excluding carboxylic acids is 1. The number of likely N-dealkylation sites (tertiary alicyclic amines) is 1. The lowest BCUT2D eigenvalue weighted by Gasteiger charge is -2.16. The first-order chi connectivity index (χ1) is 12.0. The molecule has 2 aliphatic rings. The monoisotopic (exact) mass is 362 g/mol. The summed E-state index contributed by atoms with van der Waals surface area (Å²) in [5, 5.41) is 20.7. The van der Waals surface area contributed by atoms with Crippen LogP contribution < -0.4 is 0 Å². The molecule has 1 aromatic carbocycles. The van der Waals surface area contributed by atoms with Crippen molar-refractivity contribution in [1.29, 1.82) is 0 Å². The number of amides is 1. The minimum absolute atomic E-state index is 0.0406. The molecular weight excluding hydrogens is 348 g/mol. The average Bonchev–Trinajstić information content (AvgIpc) is 3.14. The van der Waals surface area contributed by atoms with Crippen molar-refractivity contribution in [2.45, 2.75) is 12.8 Å². The van der Waals surface area contributed by atoms with Crippen LogP contribution in [0.15, 0.2) is 12.1 Å². The maximum atomic E-state index is 12.8. The molecule has 2 atom stereocenters. The Hall–Kier alpha value is -2.62. The van der Waals surface area contributed by atoms with Crippen LogP contribution in [0.3, 0.4) is 0 Å². The number of nitro groups is 1. The van der Waals surface area contributed by atoms with E-state index in [0.29, 0.717) is 18.0 Å². The largest absolute Gasteiger partial charge is 0.481 e. The molecule has 2 heterocycles. The number of hydrogen-bond acceptors (Lipinski definition) is 7. The number of carboxylic acids is 1. The number of nitrogens with zero attached hydrogens (tertiary/aromatic N) is 4. The van der Waals surface area contributed by atoms with Gasteiger partial charge in [-0.1, -0.05) is 0 Å². The van der Waals surface area contributed by atoms with Crippen molar-refractivity contribution in [3.63, 3.8) is 0 Å². The molecule has 9 nitrogen and oxygen atoms in total. The van der Waals surface area contributed by atoms with Crippen LogP contribution in [-0.4, -0.2) is 48.6 Å². The number of carboxylic acid groups (broad SMARTS) is 1. The molecule has 1 saturated carbocycles. The summed E-state index contributed by atoms with van der Waals surface area (Å²) in [6, 6.07) is 2.68. The fourth-order valence-electron chi connectivity index (χ4n) is 3.58. The number of fused-ring (bicyclic) bond motifs is 1. The Bertz CT molecular complexity index is 893. The molecule has 2 aromatic rings. The van der Waals surface area contributed by atoms with Crippen LogP contribution in [0.5, 0.6) is 0 Å². The van der Waals surface area contributed by atoms with Gasteiger partial charge in [-0.3, -0.25) is 19.7 Å². The van der Waals surface area contributed by atoms with Crippen LogP contribution in [0.2, 0.25) is 0 Å². The predicted octanol–water partition coefficient (Wildman–Crippen LogP) is 1.78. The lowest BCUT2D eigenvalue weighted by molar-refractivity contribution is -0.383. The van der Waals surface area contributed by atoms with Crippen LogP contribution in [-0.2, 0) is 4.79 Å². The minimum Gasteiger partial charge on any atom is -0.481 e. The van der Waals surface area contributed by atoms with Gasteiger partial charge >= 0.3 is 5.97 Å². The van der Waals surface area contributed by atoms with Gasteiger partial charge in [-0.25, -0.2) is 0 Å². The van der Waals surface area contributed by atoms with E-state index in [1.54, 1.807) is 0 Å². The molecule has 0 spiro atoms. The second-order valence-electron chi connectivity index (χ2n) is 6.54. The van der Waals surface area contributed by atoms with Crippen LogP contribution in [0.1, 0.15) is 23.2 Å². The first-order valence-corrected chi connectivity index (χ1v) is 8.61. The Labute approximate surface area is 145 Å². The second-order valence-corrected chi connectivity index (χ2v) is 7.07. The smallest absolute Gasteiger partial charge is 0.308 e. The van der Waals surface area contributed by atoms with E-state index in [1.807, 2.05) is 0 Å². The van der Waals surface area contributed by atoms with E-state index in [4.69, 9.17) is 0 Å². The summed E-state index contributed by atoms with van der Waals surface area (Å²) in [4.78, 5) is 36.4. The highest BCUT2D eigenvalue weighted by Crippen LogP contribution is 2.44. The first kappa shape index (κ1) is 15.9. The fraction of sp³-hybridized carbons (Fsp3) is 0.467. The number of non-ortho nitro benzene ring substituents is 1. The molecule has 10 heteroatoms. The molecule has 1 aliphatic heterocycles. The summed E-state index contributed by atoms with van der Waals surface area (Å²) in [5.41, 5.74) is 0.345. The third-order valence-electron chi connectivity index (χ3n) is 4.98. The van der Waals surface area contributed by atoms with E-state index in [2.05, 4.69) is 8.75 Å². The Balaban J connectivity index is 1.66. The highest BCUT2D eigenvalue weighted by Gasteiger charge is 2.47. The molecule has 0 unspecified atom stereocenters. The summed E-state index contributed by atoms with van der Waals surface area (Å²) in [5.74, 6) is -1.54. The van der Waals surface area contributed by atoms with Gasteiger partial charge in [0, 0.05) is 24.7 Å². The van der Waals surface area contributed by atoms with E-state index in [0.717, 1.165) is 24.6 Å². The maximum absolute atomic E-state index is 12.8. The van der Waals surface area contributed by atoms with Crippen molar-refractivity contribution in [3.05, 3.63) is 27.8 Å². The molecule has 25 heavy (non-hydrogen) atoms. The van der Waals surface area contributed by atoms with E-state index in [1.165, 1.54) is 17.0 Å². The zero-order chi connectivity index (χ0) is 17.7. The SMILES string of the molecule is O=C(O)[C@H]1CN(C(=O)c2cc([N+](=O)[O-])c3nsnc3c2)C[C@@H]1C1CC1. The molecule has 0 bridgehead atoms. The Kier molecular flexibility index (Phi) is 3.64. The quantitative estimate of drug-likeness (QED) is 0.649. The Morgan fingerprint density at radius 1 is 1.28 bits per heavy atom. The number of aromatic nitrogens is 2. The van der Waals surface area contributed by atoms with E-state index >= 15 is 0 Å². The van der Waals surface area contributed by atoms with Crippen LogP contribution in [0, 0.1) is 27.9 Å². The van der Waals surface area contributed by atoms with Crippen molar-refractivity contribution in [1.82, 2.24) is 13.6 Å². The number of carbonyl (C=O) groups is 2. The molecule has 130 valence electrons. The van der Waals surface area contributed by atoms with Crippen LogP contribution in [0.25, 0.3) is 11.0 Å². The topological polar surface area (TPSA) is 127 Å². The van der Waals surface area contributed by atoms with Gasteiger partial charge in [-0.15, -0.1) is 0 Å². The zero-order valence-electron chi connectivity index (χ0n) is 13.0. The van der Waals surface area contributed by atoms with Crippen molar-refractivity contribution < 1.29 is 19.6 Å². The number of rotatable bonds is 4. The third-order valence-corrected chi connectivity index (χ3v) is 5.52. The van der Waals surface area contributed by atoms with Crippen LogP contribution in [0.4, 0.5) is 5.69 Å². The van der Waals surface area contributed by atoms with E-state index in [9.17, 15) is 24.8 Å². The van der Waals surface area contributed by atoms with Gasteiger partial charge in [0.15, 0.2) is 5.52 Å². The lowest BCUT2D eigenvalue weighted by atomic mass is 9.92. The number of aliphatic carboxylic acids is 1. The highest BCUT2D eigenvalue weighted by molar-refractivity contribution is 7.00. The van der Waals surface area contributed by atoms with Gasteiger partial charge in [0.2, 0.25) is 0 Å². The van der Waals surface area contributed by atoms with Crippen molar-refractivity contribution in [2.24, 2.45) is 17.8 Å². The minimum atomic E-state index is -0.891. The average molecular weight is 362 g/mol. The summed E-state index contributed by atoms with van der Waals surface area (Å²) in [6.07, 6.45) is 2.00. The summed E-state index contributed by atoms with van der Waals surface area (Å²) in [7, 11) is 0. The fourth-order valence-corrected chi connectivity index (χ4v) is 4.11. The standard InChI is InChI=1S/C15H14N4O5S/c20-14(18-5-9(7-1-2-7)10(6-18)15(21)22)8-3-11-13(17-25-16-11)12(4-8)19(23)24/h3-4,7,9-10H,1-2,5-6H2,(H,21,22)/t9-,10+/m1/s1. The lowest BCUT2D eigenvalue weighted by Crippen LogP contribution is -2.30. The molecule has 1 aliphatic carbocycles. The van der Waals surface area contributed by atoms with E-state index in [-0.39, 0.29) is 29.2 Å². The maximum Gasteiger partial charge on any atom is 0.308 e. The summed E-state index contributed by atoms with van der Waals surface area (Å²) < 4.78 is 7.89. The van der Waals surface area contributed by atoms with Gasteiger partial charge < -0.3 is 10.0 Å². The van der Waals surface area contributed by atoms with Gasteiger partial charge in [0.25, 0.3) is 11.6 Å². The number of nitro benzene ring substituents is 1. The Morgan fingerprint density at radius 3 is 2.68 bits per heavy atom. The van der Waals surface area contributed by atoms with Gasteiger partial charge in [-0.05, 0) is 30.7 Å². The molecule has 1 N–H and O–H groups in total. The molecule has 1 amide bonds. The Morgan fingerprint density at radius 2 is 2.04 bits per heavy atom. The van der Waals surface area contributed by atoms with E-state index < -0.39 is 22.7 Å². The van der Waals surface area contributed by atoms with Crippen molar-refractivity contribution in [2.75, 3.05) is 13.1 Å². The predicted molar refractivity (Wildman–Crippen MR) is 87.3 cm³/mol. The first-order valence-electron chi connectivity index (χ1n) is 7.88. The van der Waals surface area contributed by atoms with Crippen molar-refractivity contribution in [3.8, 4) is 0 Å². The molecule has 1 saturated heterocycles. The molecule has 1 aromatic heterocycles. The highest BCUT2D eigenvalue weighted by atomic mass is 32.1. The molecule has 0 radical (unpaired) electrons. The molecule has 4 rings (SSSR count).